The van der Waals surface area contributed by atoms with Crippen molar-refractivity contribution < 1.29 is 14.4 Å². The first kappa shape index (κ1) is 20.5. The van der Waals surface area contributed by atoms with E-state index in [1.165, 1.54) is 19.3 Å². The number of carbonyl (C=O) groups is 1. The van der Waals surface area contributed by atoms with Crippen molar-refractivity contribution in [3.63, 3.8) is 0 Å². The molecule has 28 heavy (non-hydrogen) atoms. The van der Waals surface area contributed by atoms with Gasteiger partial charge in [-0.2, -0.15) is 0 Å². The van der Waals surface area contributed by atoms with Gasteiger partial charge >= 0.3 is 5.63 Å². The fourth-order valence-electron chi connectivity index (χ4n) is 4.37. The van der Waals surface area contributed by atoms with E-state index in [-0.39, 0.29) is 11.8 Å². The minimum absolute atomic E-state index is 0.201. The van der Waals surface area contributed by atoms with Gasteiger partial charge in [-0.1, -0.05) is 51.1 Å². The van der Waals surface area contributed by atoms with E-state index in [9.17, 15) is 14.7 Å². The van der Waals surface area contributed by atoms with E-state index in [0.717, 1.165) is 12.8 Å². The standard InChI is InChI=1S/C22H30N2O4/c1-14(2)12-22(27,13-16-7-5-4-6-8-16)21(26)23-17-9-10-18-19(11-17)15(3)24-28-20(18)25/h9-11,14,16,27H,4-8,12-13H2,1-3H3,(H,23,26). The van der Waals surface area contributed by atoms with E-state index in [1.807, 2.05) is 13.8 Å². The Balaban J connectivity index is 1.83. The highest BCUT2D eigenvalue weighted by atomic mass is 16.5. The van der Waals surface area contributed by atoms with Gasteiger partial charge in [-0.25, -0.2) is 4.79 Å². The van der Waals surface area contributed by atoms with Crippen molar-refractivity contribution >= 4 is 22.4 Å². The Bertz CT molecular complexity index is 899. The first-order valence-electron chi connectivity index (χ1n) is 10.2. The fourth-order valence-corrected chi connectivity index (χ4v) is 4.37. The lowest BCUT2D eigenvalue weighted by atomic mass is 9.77. The number of nitrogens with zero attached hydrogens (tertiary/aromatic N) is 1. The minimum atomic E-state index is -1.39. The van der Waals surface area contributed by atoms with Crippen molar-refractivity contribution in [2.75, 3.05) is 5.32 Å². The average molecular weight is 386 g/mol. The Morgan fingerprint density at radius 2 is 2.00 bits per heavy atom. The molecule has 1 heterocycles. The van der Waals surface area contributed by atoms with Crippen LogP contribution in [0.4, 0.5) is 5.69 Å². The number of aliphatic hydroxyl groups is 1. The topological polar surface area (TPSA) is 92.4 Å². The number of aromatic nitrogens is 1. The first-order valence-corrected chi connectivity index (χ1v) is 10.2. The molecule has 2 N–H and O–H groups in total. The molecule has 6 nitrogen and oxygen atoms in total. The molecule has 1 saturated carbocycles. The fraction of sp³-hybridized carbons (Fsp3) is 0.591. The molecule has 1 amide bonds. The van der Waals surface area contributed by atoms with E-state index in [2.05, 4.69) is 10.5 Å². The maximum absolute atomic E-state index is 13.1. The molecule has 0 spiro atoms. The number of amides is 1. The van der Waals surface area contributed by atoms with Crippen LogP contribution in [-0.4, -0.2) is 21.8 Å². The largest absolute Gasteiger partial charge is 0.380 e. The molecule has 0 saturated heterocycles. The van der Waals surface area contributed by atoms with E-state index in [4.69, 9.17) is 4.52 Å². The molecule has 1 aromatic carbocycles. The molecule has 0 bridgehead atoms. The molecule has 152 valence electrons. The van der Waals surface area contributed by atoms with Gasteiger partial charge in [0, 0.05) is 11.1 Å². The summed E-state index contributed by atoms with van der Waals surface area (Å²) in [5.74, 6) is 0.211. The molecule has 1 atom stereocenters. The number of hydrogen-bond acceptors (Lipinski definition) is 5. The number of hydrogen-bond donors (Lipinski definition) is 2. The second-order valence-corrected chi connectivity index (χ2v) is 8.61. The molecule has 0 aliphatic heterocycles. The maximum Gasteiger partial charge on any atom is 0.366 e. The highest BCUT2D eigenvalue weighted by molar-refractivity contribution is 5.99. The molecule has 1 aromatic heterocycles. The number of carbonyl (C=O) groups excluding carboxylic acids is 1. The van der Waals surface area contributed by atoms with E-state index < -0.39 is 11.2 Å². The van der Waals surface area contributed by atoms with Crippen molar-refractivity contribution in [3.8, 4) is 0 Å². The predicted octanol–water partition coefficient (Wildman–Crippen LogP) is 4.18. The van der Waals surface area contributed by atoms with E-state index in [1.54, 1.807) is 25.1 Å². The SMILES string of the molecule is Cc1noc(=O)c2ccc(NC(=O)C(O)(CC(C)C)CC3CCCCC3)cc12. The summed E-state index contributed by atoms with van der Waals surface area (Å²) in [6.45, 7) is 5.78. The highest BCUT2D eigenvalue weighted by Crippen LogP contribution is 2.34. The molecule has 0 radical (unpaired) electrons. The molecule has 1 fully saturated rings. The first-order chi connectivity index (χ1) is 13.3. The third kappa shape index (κ3) is 4.61. The quantitative estimate of drug-likeness (QED) is 0.777. The van der Waals surface area contributed by atoms with Crippen LogP contribution in [0.2, 0.25) is 0 Å². The summed E-state index contributed by atoms with van der Waals surface area (Å²) in [7, 11) is 0. The van der Waals surface area contributed by atoms with Crippen molar-refractivity contribution in [3.05, 3.63) is 34.3 Å². The summed E-state index contributed by atoms with van der Waals surface area (Å²) in [5, 5.41) is 19.0. The van der Waals surface area contributed by atoms with Gasteiger partial charge in [0.05, 0.1) is 11.1 Å². The zero-order valence-corrected chi connectivity index (χ0v) is 17.0. The normalized spacial score (nSPS) is 17.6. The van der Waals surface area contributed by atoms with Crippen LogP contribution in [0.1, 0.15) is 64.5 Å². The number of rotatable bonds is 6. The monoisotopic (exact) mass is 386 g/mol. The average Bonchev–Trinajstić information content (AvgIpc) is 2.65. The Kier molecular flexibility index (Phi) is 6.18. The Morgan fingerprint density at radius 3 is 2.68 bits per heavy atom. The lowest BCUT2D eigenvalue weighted by Crippen LogP contribution is -2.45. The van der Waals surface area contributed by atoms with Crippen LogP contribution in [-0.2, 0) is 4.79 Å². The summed E-state index contributed by atoms with van der Waals surface area (Å²) in [4.78, 5) is 24.9. The van der Waals surface area contributed by atoms with Crippen LogP contribution in [0.25, 0.3) is 10.8 Å². The van der Waals surface area contributed by atoms with E-state index >= 15 is 0 Å². The zero-order chi connectivity index (χ0) is 20.3. The van der Waals surface area contributed by atoms with Crippen LogP contribution >= 0.6 is 0 Å². The highest BCUT2D eigenvalue weighted by Gasteiger charge is 2.39. The predicted molar refractivity (Wildman–Crippen MR) is 109 cm³/mol. The number of fused-ring (bicyclic) bond motifs is 1. The molecule has 6 heteroatoms. The van der Waals surface area contributed by atoms with Gasteiger partial charge < -0.3 is 14.9 Å². The second-order valence-electron chi connectivity index (χ2n) is 8.61. The molecular formula is C22H30N2O4. The molecule has 2 aromatic rings. The van der Waals surface area contributed by atoms with Crippen molar-refractivity contribution in [2.45, 2.75) is 71.3 Å². The molecule has 1 aliphatic rings. The second kappa shape index (κ2) is 8.43. The van der Waals surface area contributed by atoms with Gasteiger partial charge in [-0.15, -0.1) is 0 Å². The summed E-state index contributed by atoms with van der Waals surface area (Å²) in [6.07, 6.45) is 6.65. The summed E-state index contributed by atoms with van der Waals surface area (Å²) in [6, 6.07) is 4.99. The van der Waals surface area contributed by atoms with Gasteiger partial charge in [0.2, 0.25) is 0 Å². The maximum atomic E-state index is 13.1. The zero-order valence-electron chi connectivity index (χ0n) is 17.0. The molecular weight excluding hydrogens is 356 g/mol. The van der Waals surface area contributed by atoms with Crippen molar-refractivity contribution in [1.29, 1.82) is 0 Å². The lowest BCUT2D eigenvalue weighted by molar-refractivity contribution is -0.138. The van der Waals surface area contributed by atoms with Crippen LogP contribution in [0.15, 0.2) is 27.5 Å². The van der Waals surface area contributed by atoms with Crippen LogP contribution in [0, 0.1) is 18.8 Å². The molecule has 3 rings (SSSR count). The number of benzene rings is 1. The van der Waals surface area contributed by atoms with Crippen LogP contribution in [0.3, 0.4) is 0 Å². The number of anilines is 1. The van der Waals surface area contributed by atoms with Gasteiger partial charge in [0.15, 0.2) is 0 Å². The van der Waals surface area contributed by atoms with Crippen LogP contribution < -0.4 is 10.9 Å². The Labute approximate surface area is 165 Å². The Morgan fingerprint density at radius 1 is 1.29 bits per heavy atom. The number of aryl methyl sites for hydroxylation is 1. The minimum Gasteiger partial charge on any atom is -0.380 e. The number of nitrogens with one attached hydrogen (secondary N) is 1. The van der Waals surface area contributed by atoms with Gasteiger partial charge in [0.25, 0.3) is 5.91 Å². The van der Waals surface area contributed by atoms with E-state index in [0.29, 0.717) is 40.9 Å². The van der Waals surface area contributed by atoms with Gasteiger partial charge in [-0.05, 0) is 49.8 Å². The lowest BCUT2D eigenvalue weighted by Gasteiger charge is -2.33. The Hall–Kier alpha value is -2.21. The third-order valence-corrected chi connectivity index (χ3v) is 5.67. The van der Waals surface area contributed by atoms with Crippen LogP contribution in [0.5, 0.6) is 0 Å². The summed E-state index contributed by atoms with van der Waals surface area (Å²) < 4.78 is 4.74. The third-order valence-electron chi connectivity index (χ3n) is 5.67. The molecule has 1 unspecified atom stereocenters. The van der Waals surface area contributed by atoms with Crippen molar-refractivity contribution in [1.82, 2.24) is 5.16 Å². The van der Waals surface area contributed by atoms with Gasteiger partial charge in [-0.3, -0.25) is 4.79 Å². The molecule has 1 aliphatic carbocycles. The van der Waals surface area contributed by atoms with Crippen molar-refractivity contribution in [2.24, 2.45) is 11.8 Å². The summed E-state index contributed by atoms with van der Waals surface area (Å²) >= 11 is 0. The smallest absolute Gasteiger partial charge is 0.366 e. The van der Waals surface area contributed by atoms with Gasteiger partial charge in [0.1, 0.15) is 5.60 Å². The summed E-state index contributed by atoms with van der Waals surface area (Å²) in [5.41, 5.74) is -0.787.